The number of benzene rings is 2. The van der Waals surface area contributed by atoms with E-state index in [0.717, 1.165) is 18.8 Å². The third-order valence-electron chi connectivity index (χ3n) is 4.87. The van der Waals surface area contributed by atoms with Crippen LogP contribution in [-0.2, 0) is 10.0 Å². The number of hydrogen-bond acceptors (Lipinski definition) is 5. The minimum Gasteiger partial charge on any atom is -0.371 e. The molecule has 8 heteroatoms. The predicted octanol–water partition coefficient (Wildman–Crippen LogP) is 2.98. The first-order chi connectivity index (χ1) is 13.9. The van der Waals surface area contributed by atoms with Gasteiger partial charge in [0.05, 0.1) is 11.0 Å². The van der Waals surface area contributed by atoms with E-state index in [1.807, 2.05) is 30.3 Å². The van der Waals surface area contributed by atoms with E-state index in [9.17, 15) is 13.2 Å². The summed E-state index contributed by atoms with van der Waals surface area (Å²) in [6.45, 7) is 4.39. The predicted molar refractivity (Wildman–Crippen MR) is 112 cm³/mol. The number of nitrogens with one attached hydrogen (secondary N) is 2. The summed E-state index contributed by atoms with van der Waals surface area (Å²) in [6, 6.07) is 15.3. The monoisotopic (exact) mass is 412 g/mol. The molecule has 1 heterocycles. The van der Waals surface area contributed by atoms with Gasteiger partial charge in [0.15, 0.2) is 0 Å². The summed E-state index contributed by atoms with van der Waals surface area (Å²) in [6.07, 6.45) is 1.29. The highest BCUT2D eigenvalue weighted by Gasteiger charge is 2.19. The minimum absolute atomic E-state index is 0.0490. The van der Waals surface area contributed by atoms with Crippen molar-refractivity contribution in [2.75, 3.05) is 29.9 Å². The van der Waals surface area contributed by atoms with E-state index < -0.39 is 10.0 Å². The summed E-state index contributed by atoms with van der Waals surface area (Å²) >= 11 is 0. The highest BCUT2D eigenvalue weighted by Crippen LogP contribution is 2.25. The Morgan fingerprint density at radius 3 is 2.45 bits per heavy atom. The van der Waals surface area contributed by atoms with Gasteiger partial charge in [0, 0.05) is 43.0 Å². The van der Waals surface area contributed by atoms with Gasteiger partial charge in [-0.3, -0.25) is 4.79 Å². The summed E-state index contributed by atoms with van der Waals surface area (Å²) in [5, 5.41) is 11.3. The molecule has 152 valence electrons. The molecular formula is C21H24N4O3S. The molecule has 0 bridgehead atoms. The Kier molecular flexibility index (Phi) is 6.52. The first-order valence-corrected chi connectivity index (χ1v) is 11.0. The lowest BCUT2D eigenvalue weighted by molar-refractivity contribution is 0.102. The largest absolute Gasteiger partial charge is 0.371 e. The van der Waals surface area contributed by atoms with Crippen molar-refractivity contribution >= 4 is 27.3 Å². The Morgan fingerprint density at radius 2 is 1.86 bits per heavy atom. The van der Waals surface area contributed by atoms with Crippen molar-refractivity contribution in [1.82, 2.24) is 4.72 Å². The maximum Gasteiger partial charge on any atom is 0.255 e. The van der Waals surface area contributed by atoms with E-state index in [0.29, 0.717) is 17.2 Å². The molecule has 1 aliphatic heterocycles. The fourth-order valence-corrected chi connectivity index (χ4v) is 4.27. The Balaban J connectivity index is 1.61. The van der Waals surface area contributed by atoms with E-state index in [1.165, 1.54) is 30.7 Å². The maximum absolute atomic E-state index is 12.4. The summed E-state index contributed by atoms with van der Waals surface area (Å²) < 4.78 is 26.6. The van der Waals surface area contributed by atoms with E-state index in [2.05, 4.69) is 21.9 Å². The van der Waals surface area contributed by atoms with Gasteiger partial charge < -0.3 is 10.2 Å². The van der Waals surface area contributed by atoms with Crippen LogP contribution in [0.15, 0.2) is 53.4 Å². The average molecular weight is 413 g/mol. The van der Waals surface area contributed by atoms with Crippen LogP contribution in [0.25, 0.3) is 0 Å². The molecule has 2 aromatic carbocycles. The van der Waals surface area contributed by atoms with Crippen molar-refractivity contribution in [1.29, 1.82) is 5.26 Å². The first kappa shape index (κ1) is 20.8. The van der Waals surface area contributed by atoms with Crippen LogP contribution in [0.2, 0.25) is 0 Å². The van der Waals surface area contributed by atoms with Crippen molar-refractivity contribution in [3.63, 3.8) is 0 Å². The molecule has 1 atom stereocenters. The van der Waals surface area contributed by atoms with Crippen LogP contribution >= 0.6 is 0 Å². The molecule has 0 saturated carbocycles. The summed E-state index contributed by atoms with van der Waals surface area (Å²) in [7, 11) is -3.69. The SMILES string of the molecule is CC1CCN(c2ccc(NC(=O)c3ccc(S(=O)(=O)NCCC#N)cc3)cc2)C1. The number of hydrogen-bond donors (Lipinski definition) is 2. The van der Waals surface area contributed by atoms with Gasteiger partial charge in [0.25, 0.3) is 5.91 Å². The van der Waals surface area contributed by atoms with E-state index in [4.69, 9.17) is 5.26 Å². The first-order valence-electron chi connectivity index (χ1n) is 9.52. The fraction of sp³-hybridized carbons (Fsp3) is 0.333. The number of carbonyl (C=O) groups is 1. The molecule has 1 amide bonds. The molecule has 0 aliphatic carbocycles. The molecule has 0 aromatic heterocycles. The average Bonchev–Trinajstić information content (AvgIpc) is 3.15. The van der Waals surface area contributed by atoms with Crippen molar-refractivity contribution in [2.45, 2.75) is 24.7 Å². The van der Waals surface area contributed by atoms with Crippen LogP contribution in [0.4, 0.5) is 11.4 Å². The fourth-order valence-electron chi connectivity index (χ4n) is 3.24. The highest BCUT2D eigenvalue weighted by molar-refractivity contribution is 7.89. The smallest absolute Gasteiger partial charge is 0.255 e. The quantitative estimate of drug-likeness (QED) is 0.681. The third-order valence-corrected chi connectivity index (χ3v) is 6.35. The molecular weight excluding hydrogens is 388 g/mol. The van der Waals surface area contributed by atoms with Gasteiger partial charge in [0.2, 0.25) is 10.0 Å². The molecule has 2 N–H and O–H groups in total. The summed E-state index contributed by atoms with van der Waals surface area (Å²) in [5.74, 6) is 0.386. The molecule has 7 nitrogen and oxygen atoms in total. The van der Waals surface area contributed by atoms with Gasteiger partial charge in [-0.2, -0.15) is 5.26 Å². The Bertz CT molecular complexity index is 996. The van der Waals surface area contributed by atoms with E-state index in [1.54, 1.807) is 0 Å². The Hall–Kier alpha value is -2.89. The number of sulfonamides is 1. The van der Waals surface area contributed by atoms with Crippen LogP contribution in [0.3, 0.4) is 0 Å². The second-order valence-corrected chi connectivity index (χ2v) is 8.94. The van der Waals surface area contributed by atoms with E-state index >= 15 is 0 Å². The van der Waals surface area contributed by atoms with Crippen molar-refractivity contribution in [3.05, 3.63) is 54.1 Å². The normalized spacial score (nSPS) is 16.4. The zero-order chi connectivity index (χ0) is 20.9. The molecule has 1 aliphatic rings. The number of amides is 1. The molecule has 0 radical (unpaired) electrons. The highest BCUT2D eigenvalue weighted by atomic mass is 32.2. The van der Waals surface area contributed by atoms with Crippen LogP contribution < -0.4 is 14.9 Å². The van der Waals surface area contributed by atoms with Gasteiger partial charge >= 0.3 is 0 Å². The standard InChI is InChI=1S/C21H24N4O3S/c1-16-11-14-25(15-16)19-7-5-18(6-8-19)24-21(26)17-3-9-20(10-4-17)29(27,28)23-13-2-12-22/h3-10,16,23H,2,11,13-15H2,1H3,(H,24,26). The van der Waals surface area contributed by atoms with Gasteiger partial charge in [0.1, 0.15) is 0 Å². The number of rotatable bonds is 7. The second kappa shape index (κ2) is 9.07. The maximum atomic E-state index is 12.4. The minimum atomic E-state index is -3.69. The Labute approximate surface area is 171 Å². The molecule has 29 heavy (non-hydrogen) atoms. The topological polar surface area (TPSA) is 102 Å². The van der Waals surface area contributed by atoms with Gasteiger partial charge in [-0.1, -0.05) is 6.92 Å². The Morgan fingerprint density at radius 1 is 1.17 bits per heavy atom. The number of carbonyl (C=O) groups excluding carboxylic acids is 1. The van der Waals surface area contributed by atoms with Crippen LogP contribution in [0.5, 0.6) is 0 Å². The number of anilines is 2. The molecule has 1 unspecified atom stereocenters. The van der Waals surface area contributed by atoms with Crippen molar-refractivity contribution < 1.29 is 13.2 Å². The third kappa shape index (κ3) is 5.34. The lowest BCUT2D eigenvalue weighted by Crippen LogP contribution is -2.24. The van der Waals surface area contributed by atoms with Crippen LogP contribution in [0.1, 0.15) is 30.1 Å². The number of nitriles is 1. The molecule has 3 rings (SSSR count). The summed E-state index contributed by atoms with van der Waals surface area (Å²) in [5.41, 5.74) is 2.19. The van der Waals surface area contributed by atoms with Crippen molar-refractivity contribution in [3.8, 4) is 6.07 Å². The zero-order valence-electron chi connectivity index (χ0n) is 16.3. The lowest BCUT2D eigenvalue weighted by atomic mass is 10.2. The molecule has 2 aromatic rings. The zero-order valence-corrected chi connectivity index (χ0v) is 17.1. The van der Waals surface area contributed by atoms with Gasteiger partial charge in [-0.15, -0.1) is 0 Å². The molecule has 1 saturated heterocycles. The number of nitrogens with zero attached hydrogens (tertiary/aromatic N) is 2. The van der Waals surface area contributed by atoms with Crippen LogP contribution in [-0.4, -0.2) is 34.0 Å². The van der Waals surface area contributed by atoms with Crippen molar-refractivity contribution in [2.24, 2.45) is 5.92 Å². The molecule has 0 spiro atoms. The van der Waals surface area contributed by atoms with Crippen LogP contribution in [0, 0.1) is 17.2 Å². The summed E-state index contributed by atoms with van der Waals surface area (Å²) in [4.78, 5) is 14.8. The van der Waals surface area contributed by atoms with E-state index in [-0.39, 0.29) is 23.8 Å². The van der Waals surface area contributed by atoms with Gasteiger partial charge in [-0.05, 0) is 60.9 Å². The molecule has 1 fully saturated rings. The lowest BCUT2D eigenvalue weighted by Gasteiger charge is -2.18. The van der Waals surface area contributed by atoms with Gasteiger partial charge in [-0.25, -0.2) is 13.1 Å². The second-order valence-electron chi connectivity index (χ2n) is 7.17.